The van der Waals surface area contributed by atoms with E-state index in [0.29, 0.717) is 17.1 Å². The molecule has 0 saturated heterocycles. The smallest absolute Gasteiger partial charge is 0.330 e. The number of unbranched alkanes of at least 4 members (excludes halogenated alkanes) is 1. The third-order valence-corrected chi connectivity index (χ3v) is 5.54. The molecule has 0 saturated carbocycles. The number of hydrogen-bond donors (Lipinski definition) is 2. The van der Waals surface area contributed by atoms with Gasteiger partial charge in [-0.05, 0) is 13.3 Å². The highest BCUT2D eigenvalue weighted by Gasteiger charge is 2.25. The zero-order valence-electron chi connectivity index (χ0n) is 15.8. The summed E-state index contributed by atoms with van der Waals surface area (Å²) in [5.74, 6) is -0.172. The van der Waals surface area contributed by atoms with Crippen LogP contribution in [0.5, 0.6) is 0 Å². The Morgan fingerprint density at radius 1 is 1.38 bits per heavy atom. The number of aromatic nitrogens is 3. The fourth-order valence-corrected chi connectivity index (χ4v) is 3.60. The minimum atomic E-state index is -0.678. The quantitative estimate of drug-likeness (QED) is 0.797. The summed E-state index contributed by atoms with van der Waals surface area (Å²) in [7, 11) is 1.48. The van der Waals surface area contributed by atoms with Crippen LogP contribution >= 0.6 is 11.3 Å². The van der Waals surface area contributed by atoms with Gasteiger partial charge in [0.15, 0.2) is 5.69 Å². The van der Waals surface area contributed by atoms with Gasteiger partial charge in [0.2, 0.25) is 0 Å². The normalized spacial score (nSPS) is 11.2. The van der Waals surface area contributed by atoms with Gasteiger partial charge in [0, 0.05) is 19.5 Å². The summed E-state index contributed by atoms with van der Waals surface area (Å²) in [5, 5.41) is 0.856. The van der Waals surface area contributed by atoms with Crippen molar-refractivity contribution >= 4 is 28.7 Å². The van der Waals surface area contributed by atoms with E-state index in [9.17, 15) is 14.4 Å². The summed E-state index contributed by atoms with van der Waals surface area (Å²) in [5.41, 5.74) is 5.42. The van der Waals surface area contributed by atoms with Gasteiger partial charge in [0.25, 0.3) is 11.5 Å². The van der Waals surface area contributed by atoms with Crippen LogP contribution in [0.15, 0.2) is 9.59 Å². The zero-order chi connectivity index (χ0) is 19.6. The third-order valence-electron chi connectivity index (χ3n) is 4.09. The number of carbonyl (C=O) groups is 1. The molecule has 2 heterocycles. The first-order valence-electron chi connectivity index (χ1n) is 8.56. The molecule has 2 aromatic heterocycles. The van der Waals surface area contributed by atoms with Gasteiger partial charge in [-0.2, -0.15) is 0 Å². The summed E-state index contributed by atoms with van der Waals surface area (Å²) < 4.78 is 1.29. The highest BCUT2D eigenvalue weighted by molar-refractivity contribution is 7.14. The van der Waals surface area contributed by atoms with Crippen molar-refractivity contribution in [2.24, 2.45) is 0 Å². The molecular formula is C17H25N5O3S. The van der Waals surface area contributed by atoms with E-state index in [4.69, 9.17) is 5.73 Å². The van der Waals surface area contributed by atoms with Crippen molar-refractivity contribution < 1.29 is 4.79 Å². The number of carbonyl (C=O) groups excluding carboxylic acids is 1. The number of anilines is 2. The Kier molecular flexibility index (Phi) is 6.01. The van der Waals surface area contributed by atoms with Gasteiger partial charge >= 0.3 is 5.69 Å². The van der Waals surface area contributed by atoms with Gasteiger partial charge in [-0.3, -0.25) is 19.1 Å². The van der Waals surface area contributed by atoms with E-state index in [1.165, 1.54) is 27.9 Å². The number of thiazole rings is 1. The number of amides is 1. The molecule has 142 valence electrons. The van der Waals surface area contributed by atoms with Crippen molar-refractivity contribution in [2.75, 3.05) is 17.7 Å². The fourth-order valence-electron chi connectivity index (χ4n) is 2.56. The second-order valence-corrected chi connectivity index (χ2v) is 7.51. The molecule has 9 heteroatoms. The Labute approximate surface area is 155 Å². The van der Waals surface area contributed by atoms with Crippen molar-refractivity contribution in [3.8, 4) is 0 Å². The van der Waals surface area contributed by atoms with Crippen LogP contribution in [-0.2, 0) is 6.54 Å². The number of nitrogens with one attached hydrogen (secondary N) is 1. The number of nitrogen functional groups attached to an aromatic ring is 1. The van der Waals surface area contributed by atoms with E-state index in [1.807, 2.05) is 20.8 Å². The van der Waals surface area contributed by atoms with Crippen LogP contribution in [0.1, 0.15) is 59.9 Å². The number of nitrogens with zero attached hydrogens (tertiary/aromatic N) is 3. The van der Waals surface area contributed by atoms with Crippen LogP contribution in [0, 0.1) is 6.92 Å². The molecule has 1 amide bonds. The third kappa shape index (κ3) is 3.72. The number of H-pyrrole nitrogens is 1. The lowest BCUT2D eigenvalue weighted by Crippen LogP contribution is -2.39. The van der Waals surface area contributed by atoms with Crippen molar-refractivity contribution in [1.82, 2.24) is 14.5 Å². The first kappa shape index (κ1) is 19.9. The molecule has 2 aromatic rings. The topological polar surface area (TPSA) is 114 Å². The van der Waals surface area contributed by atoms with Crippen LogP contribution in [0.25, 0.3) is 0 Å². The maximum absolute atomic E-state index is 12.9. The number of rotatable bonds is 6. The largest absolute Gasteiger partial charge is 0.383 e. The molecule has 0 aliphatic heterocycles. The van der Waals surface area contributed by atoms with Crippen molar-refractivity contribution in [3.63, 3.8) is 0 Å². The minimum absolute atomic E-state index is 0.00528. The summed E-state index contributed by atoms with van der Waals surface area (Å²) >= 11 is 1.31. The van der Waals surface area contributed by atoms with Crippen LogP contribution in [0.2, 0.25) is 0 Å². The molecule has 2 rings (SSSR count). The van der Waals surface area contributed by atoms with Crippen molar-refractivity contribution in [3.05, 3.63) is 36.4 Å². The second kappa shape index (κ2) is 7.86. The number of nitrogens with two attached hydrogens (primary N) is 1. The number of aryl methyl sites for hydroxylation is 1. The SMILES string of the molecule is CCCCn1c(N)c(N(C)C(=O)c2sc(C(C)C)nc2C)c(=O)[nH]c1=O. The molecule has 0 aliphatic carbocycles. The lowest BCUT2D eigenvalue weighted by Gasteiger charge is -2.20. The molecule has 0 aliphatic rings. The number of hydrogen-bond acceptors (Lipinski definition) is 6. The lowest BCUT2D eigenvalue weighted by molar-refractivity contribution is 0.0995. The zero-order valence-corrected chi connectivity index (χ0v) is 16.6. The minimum Gasteiger partial charge on any atom is -0.383 e. The molecule has 0 radical (unpaired) electrons. The summed E-state index contributed by atoms with van der Waals surface area (Å²) in [6.07, 6.45) is 1.60. The standard InChI is InChI=1S/C17H25N5O3S/c1-6-7-8-22-13(18)11(14(23)20-17(22)25)21(5)16(24)12-10(4)19-15(26-12)9(2)3/h9H,6-8,18H2,1-5H3,(H,20,23,25). The van der Waals surface area contributed by atoms with E-state index in [2.05, 4.69) is 9.97 Å². The van der Waals surface area contributed by atoms with Gasteiger partial charge < -0.3 is 10.6 Å². The van der Waals surface area contributed by atoms with Crippen LogP contribution in [0.4, 0.5) is 11.5 Å². The summed E-state index contributed by atoms with van der Waals surface area (Å²) in [6.45, 7) is 8.14. The van der Waals surface area contributed by atoms with Crippen LogP contribution < -0.4 is 21.9 Å². The van der Waals surface area contributed by atoms with Gasteiger partial charge in [0.05, 0.1) is 10.7 Å². The van der Waals surface area contributed by atoms with Gasteiger partial charge in [-0.15, -0.1) is 11.3 Å². The molecule has 0 unspecified atom stereocenters. The molecule has 3 N–H and O–H groups in total. The monoisotopic (exact) mass is 379 g/mol. The van der Waals surface area contributed by atoms with Crippen molar-refractivity contribution in [2.45, 2.75) is 53.0 Å². The van der Waals surface area contributed by atoms with Crippen molar-refractivity contribution in [1.29, 1.82) is 0 Å². The Morgan fingerprint density at radius 3 is 2.58 bits per heavy atom. The van der Waals surface area contributed by atoms with Gasteiger partial charge in [-0.25, -0.2) is 9.78 Å². The average Bonchev–Trinajstić information content (AvgIpc) is 2.95. The predicted molar refractivity (Wildman–Crippen MR) is 104 cm³/mol. The maximum atomic E-state index is 12.9. The molecule has 0 aromatic carbocycles. The van der Waals surface area contributed by atoms with Crippen LogP contribution in [0.3, 0.4) is 0 Å². The number of aromatic amines is 1. The molecule has 0 spiro atoms. The molecule has 0 bridgehead atoms. The Bertz CT molecular complexity index is 925. The average molecular weight is 379 g/mol. The molecule has 8 nitrogen and oxygen atoms in total. The summed E-state index contributed by atoms with van der Waals surface area (Å²) in [4.78, 5) is 45.6. The van der Waals surface area contributed by atoms with E-state index in [-0.39, 0.29) is 23.3 Å². The van der Waals surface area contributed by atoms with E-state index in [1.54, 1.807) is 6.92 Å². The van der Waals surface area contributed by atoms with Crippen LogP contribution in [-0.4, -0.2) is 27.5 Å². The Balaban J connectivity index is 2.49. The first-order chi connectivity index (χ1) is 12.2. The highest BCUT2D eigenvalue weighted by atomic mass is 32.1. The van der Waals surface area contributed by atoms with Gasteiger partial charge in [-0.1, -0.05) is 27.2 Å². The Morgan fingerprint density at radius 2 is 2.04 bits per heavy atom. The lowest BCUT2D eigenvalue weighted by atomic mass is 10.2. The molecule has 0 fully saturated rings. The fraction of sp³-hybridized carbons (Fsp3) is 0.529. The first-order valence-corrected chi connectivity index (χ1v) is 9.38. The second-order valence-electron chi connectivity index (χ2n) is 6.48. The van der Waals surface area contributed by atoms with E-state index in [0.717, 1.165) is 17.8 Å². The van der Waals surface area contributed by atoms with E-state index >= 15 is 0 Å². The highest BCUT2D eigenvalue weighted by Crippen LogP contribution is 2.27. The Hall–Kier alpha value is -2.42. The molecule has 0 atom stereocenters. The van der Waals surface area contributed by atoms with E-state index < -0.39 is 11.2 Å². The predicted octanol–water partition coefficient (Wildman–Crippen LogP) is 2.08. The molecular weight excluding hydrogens is 354 g/mol. The summed E-state index contributed by atoms with van der Waals surface area (Å²) in [6, 6.07) is 0. The van der Waals surface area contributed by atoms with Gasteiger partial charge in [0.1, 0.15) is 10.7 Å². The molecule has 26 heavy (non-hydrogen) atoms. The maximum Gasteiger partial charge on any atom is 0.330 e.